The second-order valence-electron chi connectivity index (χ2n) is 6.31. The van der Waals surface area contributed by atoms with Gasteiger partial charge in [-0.05, 0) is 25.5 Å². The summed E-state index contributed by atoms with van der Waals surface area (Å²) in [6, 6.07) is 8.50. The van der Waals surface area contributed by atoms with Crippen LogP contribution in [-0.2, 0) is 22.4 Å². The Morgan fingerprint density at radius 2 is 1.90 bits per heavy atom. The summed E-state index contributed by atoms with van der Waals surface area (Å²) in [4.78, 5) is 20.7. The minimum Gasteiger partial charge on any atom is -0.475 e. The Kier molecular flexibility index (Phi) is 7.62. The minimum absolute atomic E-state index is 0.00767. The molecule has 0 fully saturated rings. The Hall–Kier alpha value is -3.30. The molecule has 7 nitrogen and oxygen atoms in total. The predicted molar refractivity (Wildman–Crippen MR) is 103 cm³/mol. The van der Waals surface area contributed by atoms with Crippen molar-refractivity contribution in [3.05, 3.63) is 53.1 Å². The normalized spacial score (nSPS) is 11.9. The fraction of sp³-hybridized carbons (Fsp3) is 0.350. The molecule has 0 spiro atoms. The summed E-state index contributed by atoms with van der Waals surface area (Å²) in [6.07, 6.45) is -4.94. The van der Waals surface area contributed by atoms with Crippen molar-refractivity contribution in [3.8, 4) is 11.8 Å². The highest BCUT2D eigenvalue weighted by Gasteiger charge is 2.36. The maximum absolute atomic E-state index is 13.4. The van der Waals surface area contributed by atoms with Gasteiger partial charge in [-0.1, -0.05) is 29.4 Å². The quantitative estimate of drug-likeness (QED) is 0.517. The molecule has 0 aliphatic carbocycles. The van der Waals surface area contributed by atoms with Crippen molar-refractivity contribution in [3.63, 3.8) is 0 Å². The number of ether oxygens (including phenoxy) is 2. The summed E-state index contributed by atoms with van der Waals surface area (Å²) in [5.74, 6) is -1.14. The standard InChI is InChI=1S/C20H22F3N3O4/c1-12(2)30-16-10-9-15(20(21,22)23)19(25-16)29-11-13-7-5-6-8-14(13)17(26-28-4)18(27)24-3/h5-10,12H,11H2,1-4H3,(H,24,27). The monoisotopic (exact) mass is 425 g/mol. The van der Waals surface area contributed by atoms with Gasteiger partial charge in [-0.25, -0.2) is 0 Å². The molecule has 0 saturated carbocycles. The van der Waals surface area contributed by atoms with Crippen LogP contribution >= 0.6 is 0 Å². The van der Waals surface area contributed by atoms with Crippen molar-refractivity contribution < 1.29 is 32.3 Å². The summed E-state index contributed by atoms with van der Waals surface area (Å²) in [5, 5.41) is 6.15. The Morgan fingerprint density at radius 1 is 1.20 bits per heavy atom. The number of halogens is 3. The Labute approximate surface area is 171 Å². The van der Waals surface area contributed by atoms with Crippen molar-refractivity contribution in [2.45, 2.75) is 32.7 Å². The van der Waals surface area contributed by atoms with Crippen LogP contribution in [0.5, 0.6) is 11.8 Å². The molecule has 0 bridgehead atoms. The summed E-state index contributed by atoms with van der Waals surface area (Å²) in [5.41, 5.74) is -0.308. The zero-order valence-electron chi connectivity index (χ0n) is 16.9. The lowest BCUT2D eigenvalue weighted by atomic mass is 10.0. The van der Waals surface area contributed by atoms with Gasteiger partial charge >= 0.3 is 6.18 Å². The van der Waals surface area contributed by atoms with Crippen LogP contribution in [0.3, 0.4) is 0 Å². The number of nitrogens with zero attached hydrogens (tertiary/aromatic N) is 2. The largest absolute Gasteiger partial charge is 0.475 e. The first-order valence-corrected chi connectivity index (χ1v) is 8.96. The van der Waals surface area contributed by atoms with Crippen molar-refractivity contribution in [1.29, 1.82) is 0 Å². The number of carbonyl (C=O) groups is 1. The number of oxime groups is 1. The second kappa shape index (κ2) is 9.95. The fourth-order valence-electron chi connectivity index (χ4n) is 2.50. The van der Waals surface area contributed by atoms with Crippen molar-refractivity contribution in [2.24, 2.45) is 5.16 Å². The first-order valence-electron chi connectivity index (χ1n) is 8.96. The van der Waals surface area contributed by atoms with E-state index in [0.717, 1.165) is 12.1 Å². The number of hydrogen-bond donors (Lipinski definition) is 1. The molecule has 1 aromatic carbocycles. The number of benzene rings is 1. The lowest BCUT2D eigenvalue weighted by Crippen LogP contribution is -2.29. The number of likely N-dealkylation sites (N-methyl/N-ethyl adjacent to an activating group) is 1. The summed E-state index contributed by atoms with van der Waals surface area (Å²) in [7, 11) is 2.70. The Balaban J connectivity index is 2.40. The number of alkyl halides is 3. The lowest BCUT2D eigenvalue weighted by molar-refractivity contribution is -0.139. The number of amides is 1. The van der Waals surface area contributed by atoms with E-state index < -0.39 is 23.5 Å². The third-order valence-electron chi connectivity index (χ3n) is 3.76. The van der Waals surface area contributed by atoms with E-state index in [0.29, 0.717) is 11.1 Å². The first kappa shape index (κ1) is 23.0. The molecule has 1 heterocycles. The van der Waals surface area contributed by atoms with Gasteiger partial charge in [0.25, 0.3) is 5.91 Å². The molecule has 2 rings (SSSR count). The first-order chi connectivity index (χ1) is 14.2. The maximum atomic E-state index is 13.4. The number of carbonyl (C=O) groups excluding carboxylic acids is 1. The van der Waals surface area contributed by atoms with Crippen LogP contribution in [0.4, 0.5) is 13.2 Å². The van der Waals surface area contributed by atoms with Crippen LogP contribution in [0.25, 0.3) is 0 Å². The van der Waals surface area contributed by atoms with Gasteiger partial charge in [-0.2, -0.15) is 18.2 Å². The highest BCUT2D eigenvalue weighted by atomic mass is 19.4. The zero-order valence-corrected chi connectivity index (χ0v) is 16.9. The van der Waals surface area contributed by atoms with Crippen LogP contribution in [0.15, 0.2) is 41.6 Å². The molecular formula is C20H22F3N3O4. The smallest absolute Gasteiger partial charge is 0.421 e. The molecule has 1 N–H and O–H groups in total. The van der Waals surface area contributed by atoms with Crippen molar-refractivity contribution >= 4 is 11.6 Å². The number of nitrogens with one attached hydrogen (secondary N) is 1. The van der Waals surface area contributed by atoms with Gasteiger partial charge < -0.3 is 19.6 Å². The summed E-state index contributed by atoms with van der Waals surface area (Å²) >= 11 is 0. The van der Waals surface area contributed by atoms with E-state index >= 15 is 0 Å². The van der Waals surface area contributed by atoms with Gasteiger partial charge in [0.1, 0.15) is 19.3 Å². The van der Waals surface area contributed by atoms with E-state index in [4.69, 9.17) is 14.3 Å². The van der Waals surface area contributed by atoms with Crippen LogP contribution in [0.1, 0.15) is 30.5 Å². The molecule has 0 aliphatic rings. The molecule has 1 amide bonds. The predicted octanol–water partition coefficient (Wildman–Crippen LogP) is 3.56. The molecular weight excluding hydrogens is 403 g/mol. The summed E-state index contributed by atoms with van der Waals surface area (Å²) in [6.45, 7) is 3.16. The van der Waals surface area contributed by atoms with E-state index in [1.165, 1.54) is 14.2 Å². The van der Waals surface area contributed by atoms with Crippen LogP contribution in [-0.4, -0.2) is 36.9 Å². The van der Waals surface area contributed by atoms with E-state index in [1.54, 1.807) is 38.1 Å². The van der Waals surface area contributed by atoms with E-state index in [-0.39, 0.29) is 24.3 Å². The highest BCUT2D eigenvalue weighted by molar-refractivity contribution is 6.45. The molecule has 2 aromatic rings. The SMILES string of the molecule is CNC(=O)C(=NOC)c1ccccc1COc1nc(OC(C)C)ccc1C(F)(F)F. The topological polar surface area (TPSA) is 82.0 Å². The van der Waals surface area contributed by atoms with Crippen LogP contribution < -0.4 is 14.8 Å². The molecule has 0 aliphatic heterocycles. The van der Waals surface area contributed by atoms with Gasteiger partial charge in [0, 0.05) is 18.7 Å². The van der Waals surface area contributed by atoms with Gasteiger partial charge in [0.2, 0.25) is 11.8 Å². The van der Waals surface area contributed by atoms with Crippen molar-refractivity contribution in [1.82, 2.24) is 10.3 Å². The molecule has 162 valence electrons. The lowest BCUT2D eigenvalue weighted by Gasteiger charge is -2.16. The molecule has 0 radical (unpaired) electrons. The number of pyridine rings is 1. The van der Waals surface area contributed by atoms with Crippen LogP contribution in [0.2, 0.25) is 0 Å². The van der Waals surface area contributed by atoms with Crippen molar-refractivity contribution in [2.75, 3.05) is 14.2 Å². The van der Waals surface area contributed by atoms with E-state index in [1.807, 2.05) is 0 Å². The van der Waals surface area contributed by atoms with Gasteiger partial charge in [0.05, 0.1) is 6.10 Å². The fourth-order valence-corrected chi connectivity index (χ4v) is 2.50. The highest BCUT2D eigenvalue weighted by Crippen LogP contribution is 2.36. The van der Waals surface area contributed by atoms with Crippen LogP contribution in [0, 0.1) is 0 Å². The number of rotatable bonds is 8. The maximum Gasteiger partial charge on any atom is 0.421 e. The Morgan fingerprint density at radius 3 is 2.50 bits per heavy atom. The average molecular weight is 425 g/mol. The second-order valence-corrected chi connectivity index (χ2v) is 6.31. The molecule has 1 aromatic heterocycles. The van der Waals surface area contributed by atoms with Gasteiger partial charge in [-0.15, -0.1) is 0 Å². The third-order valence-corrected chi connectivity index (χ3v) is 3.76. The van der Waals surface area contributed by atoms with E-state index in [2.05, 4.69) is 15.5 Å². The van der Waals surface area contributed by atoms with Gasteiger partial charge in [0.15, 0.2) is 5.71 Å². The molecule has 10 heteroatoms. The Bertz CT molecular complexity index is 914. The molecule has 0 saturated heterocycles. The summed E-state index contributed by atoms with van der Waals surface area (Å²) < 4.78 is 50.9. The average Bonchev–Trinajstić information content (AvgIpc) is 2.69. The minimum atomic E-state index is -4.66. The third kappa shape index (κ3) is 5.85. The molecule has 0 unspecified atom stereocenters. The number of hydrogen-bond acceptors (Lipinski definition) is 6. The molecule has 0 atom stereocenters. The number of aromatic nitrogens is 1. The van der Waals surface area contributed by atoms with E-state index in [9.17, 15) is 18.0 Å². The zero-order chi connectivity index (χ0) is 22.3. The van der Waals surface area contributed by atoms with Gasteiger partial charge in [-0.3, -0.25) is 4.79 Å². The molecule has 30 heavy (non-hydrogen) atoms.